The van der Waals surface area contributed by atoms with Crippen molar-refractivity contribution in [3.05, 3.63) is 114 Å². The van der Waals surface area contributed by atoms with Gasteiger partial charge in [0.05, 0.1) is 24.0 Å². The predicted molar refractivity (Wildman–Crippen MR) is 220 cm³/mol. The summed E-state index contributed by atoms with van der Waals surface area (Å²) >= 11 is 7.71. The number of aryl methyl sites for hydroxylation is 1. The average Bonchev–Trinajstić information content (AvgIpc) is 3.83. The third-order valence-corrected chi connectivity index (χ3v) is 16.4. The Morgan fingerprint density at radius 2 is 1.63 bits per heavy atom. The van der Waals surface area contributed by atoms with Crippen LogP contribution < -0.4 is 20.2 Å². The van der Waals surface area contributed by atoms with Gasteiger partial charge in [0, 0.05) is 37.6 Å². The second kappa shape index (κ2) is 15.6. The lowest BCUT2D eigenvalue weighted by atomic mass is 10.1. The molecule has 13 heteroatoms. The van der Waals surface area contributed by atoms with Crippen molar-refractivity contribution in [2.45, 2.75) is 45.2 Å². The van der Waals surface area contributed by atoms with Crippen LogP contribution in [0.1, 0.15) is 33.4 Å². The Labute approximate surface area is 326 Å². The fraction of sp³-hybridized carbons (Fsp3) is 0.317. The van der Waals surface area contributed by atoms with Crippen LogP contribution in [-0.2, 0) is 15.6 Å². The van der Waals surface area contributed by atoms with Crippen LogP contribution in [0.15, 0.2) is 102 Å². The van der Waals surface area contributed by atoms with Gasteiger partial charge in [0.1, 0.15) is 17.5 Å². The van der Waals surface area contributed by atoms with Gasteiger partial charge in [0.2, 0.25) is 5.91 Å². The number of amides is 1. The third kappa shape index (κ3) is 7.15. The fourth-order valence-electron chi connectivity index (χ4n) is 7.56. The molecular weight excluding hydrogens is 737 g/mol. The van der Waals surface area contributed by atoms with E-state index in [0.717, 1.165) is 39.4 Å². The lowest BCUT2D eigenvalue weighted by molar-refractivity contribution is -0.132. The number of piperazine rings is 1. The number of thiazole rings is 1. The van der Waals surface area contributed by atoms with Crippen LogP contribution in [0, 0.1) is 5.82 Å². The minimum absolute atomic E-state index is 0.0932. The molecule has 1 saturated heterocycles. The minimum atomic E-state index is -2.87. The molecule has 3 aromatic heterocycles. The highest BCUT2D eigenvalue weighted by atomic mass is 35.5. The standard InChI is InChI=1S/C41H45ClFN7O2SSi/c1-6-34-39(47(5)40-45-35(28-53-40)29-17-19-30(43)20-18-29)50-36(44-34)21-22-37(46-50)48-23-24-49(38(51)25-42)31(26-48)27-52-54(41(2,3)4,32-13-9-7-10-14-32)33-15-11-8-12-16-33/h7-22,28,31H,6,23-27H2,1-5H3. The maximum absolute atomic E-state index is 13.6. The van der Waals surface area contributed by atoms with Crippen LogP contribution in [0.5, 0.6) is 0 Å². The number of nitrogens with zero attached hydrogens (tertiary/aromatic N) is 7. The van der Waals surface area contributed by atoms with E-state index in [1.165, 1.54) is 33.8 Å². The van der Waals surface area contributed by atoms with Crippen molar-refractivity contribution in [1.82, 2.24) is 24.5 Å². The zero-order valence-corrected chi connectivity index (χ0v) is 33.8. The molecule has 1 atom stereocenters. The molecule has 1 fully saturated rings. The van der Waals surface area contributed by atoms with Crippen LogP contribution in [0.3, 0.4) is 0 Å². The monoisotopic (exact) mass is 781 g/mol. The second-order valence-corrected chi connectivity index (χ2v) is 20.0. The van der Waals surface area contributed by atoms with Gasteiger partial charge in [-0.15, -0.1) is 28.0 Å². The van der Waals surface area contributed by atoms with Crippen molar-refractivity contribution in [3.63, 3.8) is 0 Å². The van der Waals surface area contributed by atoms with Crippen molar-refractivity contribution < 1.29 is 13.6 Å². The van der Waals surface area contributed by atoms with Crippen molar-refractivity contribution in [2.24, 2.45) is 0 Å². The van der Waals surface area contributed by atoms with Crippen LogP contribution in [0.25, 0.3) is 16.9 Å². The Morgan fingerprint density at radius 3 is 2.24 bits per heavy atom. The maximum atomic E-state index is 13.6. The molecule has 3 aromatic carbocycles. The Bertz CT molecular complexity index is 2170. The molecule has 7 rings (SSSR count). The number of halogens is 2. The summed E-state index contributed by atoms with van der Waals surface area (Å²) in [6.45, 7) is 10.8. The highest BCUT2D eigenvalue weighted by Gasteiger charge is 2.51. The number of imidazole rings is 1. The largest absolute Gasteiger partial charge is 0.405 e. The first-order valence-electron chi connectivity index (χ1n) is 18.2. The number of hydrogen-bond acceptors (Lipinski definition) is 8. The summed E-state index contributed by atoms with van der Waals surface area (Å²) < 4.78 is 22.8. The Kier molecular flexibility index (Phi) is 10.9. The molecule has 0 bridgehead atoms. The molecule has 4 heterocycles. The molecule has 0 aliphatic carbocycles. The van der Waals surface area contributed by atoms with E-state index in [2.05, 4.69) is 81.1 Å². The zero-order chi connectivity index (χ0) is 38.0. The molecule has 54 heavy (non-hydrogen) atoms. The van der Waals surface area contributed by atoms with Crippen molar-refractivity contribution in [2.75, 3.05) is 49.0 Å². The van der Waals surface area contributed by atoms with Crippen molar-refractivity contribution in [1.29, 1.82) is 0 Å². The Hall–Kier alpha value is -4.62. The van der Waals surface area contributed by atoms with E-state index in [-0.39, 0.29) is 28.7 Å². The summed E-state index contributed by atoms with van der Waals surface area (Å²) in [4.78, 5) is 29.3. The quantitative estimate of drug-likeness (QED) is 0.102. The molecule has 1 amide bonds. The van der Waals surface area contributed by atoms with E-state index < -0.39 is 8.32 Å². The van der Waals surface area contributed by atoms with E-state index in [1.54, 1.807) is 12.1 Å². The fourth-order valence-corrected chi connectivity index (χ4v) is 13.1. The molecular formula is C41H45ClFN7O2SSi. The molecule has 9 nitrogen and oxygen atoms in total. The van der Waals surface area contributed by atoms with E-state index in [4.69, 9.17) is 31.1 Å². The molecule has 280 valence electrons. The smallest absolute Gasteiger partial charge is 0.261 e. The highest BCUT2D eigenvalue weighted by molar-refractivity contribution is 7.14. The number of fused-ring (bicyclic) bond motifs is 1. The average molecular weight is 782 g/mol. The third-order valence-electron chi connectivity index (χ3n) is 10.2. The number of alkyl halides is 1. The lowest BCUT2D eigenvalue weighted by Crippen LogP contribution is -2.68. The minimum Gasteiger partial charge on any atom is -0.405 e. The topological polar surface area (TPSA) is 79.1 Å². The molecule has 0 saturated carbocycles. The van der Waals surface area contributed by atoms with Gasteiger partial charge >= 0.3 is 0 Å². The van der Waals surface area contributed by atoms with Crippen molar-refractivity contribution >= 4 is 70.0 Å². The van der Waals surface area contributed by atoms with Crippen LogP contribution in [0.4, 0.5) is 21.2 Å². The van der Waals surface area contributed by atoms with Crippen LogP contribution in [-0.4, -0.2) is 83.9 Å². The Balaban J connectivity index is 1.21. The highest BCUT2D eigenvalue weighted by Crippen LogP contribution is 2.38. The first-order valence-corrected chi connectivity index (χ1v) is 21.6. The van der Waals surface area contributed by atoms with E-state index >= 15 is 0 Å². The lowest BCUT2D eigenvalue weighted by Gasteiger charge is -2.46. The first-order chi connectivity index (χ1) is 26.0. The summed E-state index contributed by atoms with van der Waals surface area (Å²) in [7, 11) is -0.895. The van der Waals surface area contributed by atoms with Gasteiger partial charge in [-0.1, -0.05) is 88.4 Å². The number of benzene rings is 3. The van der Waals surface area contributed by atoms with Gasteiger partial charge in [0.25, 0.3) is 8.32 Å². The summed E-state index contributed by atoms with van der Waals surface area (Å²) in [5, 5.41) is 10.1. The maximum Gasteiger partial charge on any atom is 0.261 e. The van der Waals surface area contributed by atoms with Crippen LogP contribution >= 0.6 is 22.9 Å². The molecule has 1 aliphatic rings. The van der Waals surface area contributed by atoms with Gasteiger partial charge < -0.3 is 19.1 Å². The van der Waals surface area contributed by atoms with Gasteiger partial charge in [0.15, 0.2) is 16.6 Å². The van der Waals surface area contributed by atoms with Crippen molar-refractivity contribution in [3.8, 4) is 11.3 Å². The summed E-state index contributed by atoms with van der Waals surface area (Å²) in [6, 6.07) is 31.2. The summed E-state index contributed by atoms with van der Waals surface area (Å²) in [5.74, 6) is 1.13. The zero-order valence-electron chi connectivity index (χ0n) is 31.2. The number of hydrogen-bond donors (Lipinski definition) is 0. The second-order valence-electron chi connectivity index (χ2n) is 14.6. The predicted octanol–water partition coefficient (Wildman–Crippen LogP) is 7.15. The van der Waals surface area contributed by atoms with Crippen LogP contribution in [0.2, 0.25) is 5.04 Å². The van der Waals surface area contributed by atoms with Gasteiger partial charge in [-0.3, -0.25) is 4.79 Å². The van der Waals surface area contributed by atoms with E-state index in [9.17, 15) is 9.18 Å². The summed E-state index contributed by atoms with van der Waals surface area (Å²) in [5.41, 5.74) is 3.25. The molecule has 6 aromatic rings. The van der Waals surface area contributed by atoms with E-state index in [1.807, 2.05) is 51.0 Å². The SMILES string of the molecule is CCc1nc2ccc(N3CCN(C(=O)CCl)C(CO[Si](c4ccccc4)(c4ccccc4)C(C)(C)C)C3)nn2c1N(C)c1nc(-c2ccc(F)cc2)cs1. The molecule has 0 N–H and O–H groups in total. The van der Waals surface area contributed by atoms with E-state index in [0.29, 0.717) is 32.7 Å². The number of carbonyl (C=O) groups is 1. The number of rotatable bonds is 11. The van der Waals surface area contributed by atoms with Gasteiger partial charge in [-0.25, -0.2) is 14.4 Å². The van der Waals surface area contributed by atoms with Gasteiger partial charge in [-0.05, 0) is 58.2 Å². The number of carbonyl (C=O) groups excluding carboxylic acids is 1. The Morgan fingerprint density at radius 1 is 0.963 bits per heavy atom. The molecule has 0 radical (unpaired) electrons. The van der Waals surface area contributed by atoms with Gasteiger partial charge in [-0.2, -0.15) is 4.52 Å². The molecule has 0 spiro atoms. The number of aromatic nitrogens is 4. The first kappa shape index (κ1) is 37.7. The number of anilines is 3. The summed E-state index contributed by atoms with van der Waals surface area (Å²) in [6.07, 6.45) is 0.704. The normalized spacial score (nSPS) is 15.2. The molecule has 1 aliphatic heterocycles. The molecule has 1 unspecified atom stereocenters.